The summed E-state index contributed by atoms with van der Waals surface area (Å²) in [6.45, 7) is 12.9. The molecule has 0 radical (unpaired) electrons. The number of fused-ring (bicyclic) bond motifs is 8. The maximum atomic E-state index is 12.0. The van der Waals surface area contributed by atoms with Gasteiger partial charge in [0, 0.05) is 10.0 Å². The van der Waals surface area contributed by atoms with Gasteiger partial charge in [-0.3, -0.25) is 4.79 Å². The van der Waals surface area contributed by atoms with Gasteiger partial charge in [-0.1, -0.05) is 43.2 Å². The van der Waals surface area contributed by atoms with Crippen LogP contribution in [-0.2, 0) is 40.8 Å². The van der Waals surface area contributed by atoms with Crippen LogP contribution in [0, 0.1) is 13.8 Å². The number of esters is 1. The molecule has 2 aromatic rings. The number of aryl methyl sites for hydroxylation is 2. The molecule has 0 atom stereocenters. The molecule has 0 unspecified atom stereocenters. The minimum Gasteiger partial charge on any atom is -0.664 e. The van der Waals surface area contributed by atoms with Crippen LogP contribution in [0.5, 0.6) is 0 Å². The Labute approximate surface area is 250 Å². The fourth-order valence-corrected chi connectivity index (χ4v) is 5.79. The van der Waals surface area contributed by atoms with Gasteiger partial charge in [0.2, 0.25) is 0 Å². The second-order valence-electron chi connectivity index (χ2n) is 10.6. The molecule has 0 saturated heterocycles. The quantitative estimate of drug-likeness (QED) is 0.207. The molecule has 192 valence electrons. The Morgan fingerprint density at radius 3 is 2.13 bits per heavy atom. The molecule has 3 aliphatic heterocycles. The van der Waals surface area contributed by atoms with Crippen LogP contribution in [0.3, 0.4) is 0 Å². The van der Waals surface area contributed by atoms with E-state index in [1.165, 1.54) is 18.3 Å². The summed E-state index contributed by atoms with van der Waals surface area (Å²) in [5, 5.41) is 0. The predicted octanol–water partition coefficient (Wildman–Crippen LogP) is 6.64. The molecular formula is C30H31IN4O2Zn. The first-order chi connectivity index (χ1) is 17.5. The average molecular weight is 672 g/mol. The average Bonchev–Trinajstić information content (AvgIpc) is 3.48. The predicted molar refractivity (Wildman–Crippen MR) is 157 cm³/mol. The van der Waals surface area contributed by atoms with E-state index >= 15 is 0 Å². The van der Waals surface area contributed by atoms with Gasteiger partial charge in [-0.25, -0.2) is 9.97 Å². The zero-order valence-corrected chi connectivity index (χ0v) is 28.2. The number of carbonyl (C=O) groups excluding carboxylic acids is 1. The summed E-state index contributed by atoms with van der Waals surface area (Å²) in [6.07, 6.45) is 1.68. The third-order valence-electron chi connectivity index (χ3n) is 7.69. The number of carbonyl (C=O) groups is 1. The number of rotatable bonds is 3. The molecule has 8 bridgehead atoms. The van der Waals surface area contributed by atoms with Crippen LogP contribution < -0.4 is 9.97 Å². The number of methoxy groups -OCH3 is 1. The first kappa shape index (κ1) is 28.7. The van der Waals surface area contributed by atoms with Crippen LogP contribution in [0.4, 0.5) is 0 Å². The molecule has 0 aliphatic carbocycles. The summed E-state index contributed by atoms with van der Waals surface area (Å²) in [5.74, 6) is -0.230. The molecule has 38 heavy (non-hydrogen) atoms. The van der Waals surface area contributed by atoms with Gasteiger partial charge in [-0.05, 0) is 91.3 Å². The second-order valence-corrected chi connectivity index (χ2v) is 11.7. The van der Waals surface area contributed by atoms with Crippen LogP contribution in [0.25, 0.3) is 31.3 Å². The monoisotopic (exact) mass is 670 g/mol. The van der Waals surface area contributed by atoms with Crippen molar-refractivity contribution in [1.29, 1.82) is 0 Å². The van der Waals surface area contributed by atoms with Crippen molar-refractivity contribution >= 4 is 59.9 Å². The number of aromatic nitrogens is 4. The molecule has 5 rings (SSSR count). The summed E-state index contributed by atoms with van der Waals surface area (Å²) in [4.78, 5) is 32.0. The maximum absolute atomic E-state index is 12.0. The zero-order chi connectivity index (χ0) is 26.6. The normalized spacial score (nSPS) is 15.4. The number of ether oxygens (including phenoxy) is 1. The SMILES string of the molecule is COC(=O)CCC1=C(I)c2cc3[n-]c(cc4nc(cc5[n-]c(cc1n2)C(C)(C)C5)C(C)=C4C)c(C)c3C.[Zn+2]. The van der Waals surface area contributed by atoms with Crippen molar-refractivity contribution in [3.8, 4) is 0 Å². The Morgan fingerprint density at radius 2 is 1.50 bits per heavy atom. The Balaban J connectivity index is 0.00000336. The van der Waals surface area contributed by atoms with Crippen molar-refractivity contribution in [3.63, 3.8) is 0 Å². The van der Waals surface area contributed by atoms with Gasteiger partial charge in [0.1, 0.15) is 0 Å². The molecule has 0 amide bonds. The van der Waals surface area contributed by atoms with E-state index in [1.54, 1.807) is 0 Å². The van der Waals surface area contributed by atoms with Crippen molar-refractivity contribution in [1.82, 2.24) is 19.9 Å². The molecule has 8 heteroatoms. The number of nitrogens with zero attached hydrogens (tertiary/aromatic N) is 4. The van der Waals surface area contributed by atoms with Crippen LogP contribution in [0.1, 0.15) is 85.8 Å². The van der Waals surface area contributed by atoms with Crippen molar-refractivity contribution in [2.75, 3.05) is 7.11 Å². The summed E-state index contributed by atoms with van der Waals surface area (Å²) in [7, 11) is 1.42. The van der Waals surface area contributed by atoms with Gasteiger partial charge in [0.15, 0.2) is 0 Å². The van der Waals surface area contributed by atoms with Crippen molar-refractivity contribution < 1.29 is 29.0 Å². The molecule has 6 nitrogen and oxygen atoms in total. The van der Waals surface area contributed by atoms with Crippen molar-refractivity contribution in [3.05, 3.63) is 69.6 Å². The summed E-state index contributed by atoms with van der Waals surface area (Å²) in [6, 6.07) is 8.36. The molecule has 5 heterocycles. The molecule has 2 aromatic heterocycles. The first-order valence-electron chi connectivity index (χ1n) is 12.5. The molecule has 3 aliphatic rings. The standard InChI is InChI=1S/C30H31IN4O2.Zn/c1-15-16(2)22-11-23-17(3)18(4)24(34-23)12-26-29(31)20(8-9-28(36)37-7)25(35-26)13-27-30(5,6)14-19(32-27)10-21(15)33-22;/h10-13H,8-9,14H2,1-7H3;/q-2;+2. The molecule has 0 fully saturated rings. The Kier molecular flexibility index (Phi) is 8.07. The van der Waals surface area contributed by atoms with Crippen molar-refractivity contribution in [2.45, 2.75) is 66.2 Å². The van der Waals surface area contributed by atoms with Gasteiger partial charge in [-0.2, -0.15) is 11.4 Å². The molecule has 0 spiro atoms. The van der Waals surface area contributed by atoms with E-state index in [9.17, 15) is 4.79 Å². The fraction of sp³-hybridized carbons (Fsp3) is 0.367. The Hall–Kier alpha value is -2.32. The number of halogens is 1. The van der Waals surface area contributed by atoms with Crippen LogP contribution in [0.15, 0.2) is 24.3 Å². The number of hydrogen-bond donors (Lipinski definition) is 0. The van der Waals surface area contributed by atoms with Crippen LogP contribution in [0.2, 0.25) is 0 Å². The van der Waals surface area contributed by atoms with E-state index in [2.05, 4.69) is 88.4 Å². The van der Waals surface area contributed by atoms with E-state index in [4.69, 9.17) is 24.7 Å². The fourth-order valence-electron chi connectivity index (χ4n) is 4.97. The van der Waals surface area contributed by atoms with E-state index in [-0.39, 0.29) is 30.9 Å². The van der Waals surface area contributed by atoms with E-state index < -0.39 is 0 Å². The van der Waals surface area contributed by atoms with Gasteiger partial charge < -0.3 is 14.7 Å². The smallest absolute Gasteiger partial charge is 0.664 e. The molecular weight excluding hydrogens is 641 g/mol. The molecule has 0 saturated carbocycles. The minimum absolute atomic E-state index is 0. The third kappa shape index (κ3) is 5.14. The first-order valence-corrected chi connectivity index (χ1v) is 13.6. The van der Waals surface area contributed by atoms with Gasteiger partial charge in [0.05, 0.1) is 29.9 Å². The van der Waals surface area contributed by atoms with Crippen LogP contribution >= 0.6 is 22.6 Å². The van der Waals surface area contributed by atoms with Crippen LogP contribution in [-0.4, -0.2) is 23.0 Å². The van der Waals surface area contributed by atoms with E-state index in [0.29, 0.717) is 12.8 Å². The van der Waals surface area contributed by atoms with E-state index in [1.807, 2.05) is 0 Å². The minimum atomic E-state index is -0.230. The third-order valence-corrected chi connectivity index (χ3v) is 8.90. The maximum Gasteiger partial charge on any atom is 2.00 e. The zero-order valence-electron chi connectivity index (χ0n) is 23.1. The second kappa shape index (κ2) is 10.7. The molecule has 0 N–H and O–H groups in total. The number of hydrogen-bond acceptors (Lipinski definition) is 4. The Morgan fingerprint density at radius 1 is 0.921 bits per heavy atom. The molecule has 0 aromatic carbocycles. The van der Waals surface area contributed by atoms with E-state index in [0.717, 1.165) is 71.9 Å². The summed E-state index contributed by atoms with van der Waals surface area (Å²) in [5.41, 5.74) is 13.0. The summed E-state index contributed by atoms with van der Waals surface area (Å²) < 4.78 is 5.94. The summed E-state index contributed by atoms with van der Waals surface area (Å²) >= 11 is 2.35. The van der Waals surface area contributed by atoms with Gasteiger partial charge in [0.25, 0.3) is 0 Å². The largest absolute Gasteiger partial charge is 2.00 e. The van der Waals surface area contributed by atoms with Crippen molar-refractivity contribution in [2.24, 2.45) is 0 Å². The topological polar surface area (TPSA) is 80.3 Å². The van der Waals surface area contributed by atoms with Gasteiger partial charge in [-0.15, -0.1) is 11.0 Å². The van der Waals surface area contributed by atoms with Gasteiger partial charge >= 0.3 is 25.4 Å². The Bertz CT molecular complexity index is 1590. The number of allylic oxidation sites excluding steroid dienone is 3.